The average molecular weight is 163 g/mol. The van der Waals surface area contributed by atoms with E-state index >= 15 is 0 Å². The Morgan fingerprint density at radius 3 is 2.36 bits per heavy atom. The molecule has 0 amide bonds. The maximum absolute atomic E-state index is 11.9. The highest BCUT2D eigenvalue weighted by Crippen LogP contribution is 2.28. The summed E-state index contributed by atoms with van der Waals surface area (Å²) in [5.74, 6) is 0. The summed E-state index contributed by atoms with van der Waals surface area (Å²) in [6.45, 7) is 1.81. The number of aromatic amines is 1. The van der Waals surface area contributed by atoms with Crippen molar-refractivity contribution in [2.24, 2.45) is 0 Å². The lowest BCUT2D eigenvalue weighted by Crippen LogP contribution is -2.04. The number of hydrogen-bond donors (Lipinski definition) is 1. The minimum atomic E-state index is -4.24. The third-order valence-corrected chi connectivity index (χ3v) is 1.46. The van der Waals surface area contributed by atoms with Crippen LogP contribution < -0.4 is 0 Å². The van der Waals surface area contributed by atoms with E-state index in [2.05, 4.69) is 4.98 Å². The molecule has 0 aliphatic heterocycles. The van der Waals surface area contributed by atoms with Gasteiger partial charge in [-0.25, -0.2) is 0 Å². The average Bonchev–Trinajstić information content (AvgIpc) is 2.32. The summed E-state index contributed by atoms with van der Waals surface area (Å²) in [5, 5.41) is 0. The van der Waals surface area contributed by atoms with Crippen molar-refractivity contribution >= 4 is 0 Å². The molecule has 0 unspecified atom stereocenters. The standard InChI is InChI=1S/C7H8F3N/c1-2-5-3-6(11-4-5)7(8,9)10/h3-4,11H,2H2,1H3. The van der Waals surface area contributed by atoms with E-state index in [1.54, 1.807) is 0 Å². The first-order valence-corrected chi connectivity index (χ1v) is 3.28. The zero-order valence-corrected chi connectivity index (χ0v) is 6.00. The van der Waals surface area contributed by atoms with Crippen molar-refractivity contribution in [1.29, 1.82) is 0 Å². The van der Waals surface area contributed by atoms with Crippen LogP contribution >= 0.6 is 0 Å². The van der Waals surface area contributed by atoms with E-state index in [0.29, 0.717) is 12.0 Å². The van der Waals surface area contributed by atoms with E-state index in [-0.39, 0.29) is 0 Å². The molecule has 1 nitrogen and oxygen atoms in total. The van der Waals surface area contributed by atoms with E-state index < -0.39 is 11.9 Å². The predicted octanol–water partition coefficient (Wildman–Crippen LogP) is 2.60. The van der Waals surface area contributed by atoms with Crippen molar-refractivity contribution in [2.45, 2.75) is 19.5 Å². The number of halogens is 3. The van der Waals surface area contributed by atoms with Gasteiger partial charge in [0.05, 0.1) is 0 Å². The van der Waals surface area contributed by atoms with Crippen LogP contribution in [0.4, 0.5) is 13.2 Å². The molecule has 62 valence electrons. The molecule has 1 heterocycles. The quantitative estimate of drug-likeness (QED) is 0.654. The lowest BCUT2D eigenvalue weighted by Gasteiger charge is -2.00. The van der Waals surface area contributed by atoms with Crippen LogP contribution in [0.15, 0.2) is 12.3 Å². The molecule has 0 radical (unpaired) electrons. The molecular weight excluding hydrogens is 155 g/mol. The summed E-state index contributed by atoms with van der Waals surface area (Å²) in [5.41, 5.74) is 0.00618. The third-order valence-electron chi connectivity index (χ3n) is 1.46. The van der Waals surface area contributed by atoms with E-state index in [1.807, 2.05) is 6.92 Å². The molecule has 0 fully saturated rings. The maximum Gasteiger partial charge on any atom is 0.431 e. The highest BCUT2D eigenvalue weighted by Gasteiger charge is 2.31. The SMILES string of the molecule is CCc1c[nH]c(C(F)(F)F)c1. The Hall–Kier alpha value is -0.930. The van der Waals surface area contributed by atoms with Crippen molar-refractivity contribution < 1.29 is 13.2 Å². The molecule has 1 aromatic heterocycles. The molecule has 0 saturated heterocycles. The van der Waals surface area contributed by atoms with Crippen LogP contribution in [0, 0.1) is 0 Å². The highest BCUT2D eigenvalue weighted by atomic mass is 19.4. The monoisotopic (exact) mass is 163 g/mol. The Bertz CT molecular complexity index is 236. The summed E-state index contributed by atoms with van der Waals surface area (Å²) < 4.78 is 35.7. The zero-order chi connectivity index (χ0) is 8.48. The molecule has 11 heavy (non-hydrogen) atoms. The van der Waals surface area contributed by atoms with Gasteiger partial charge in [-0.3, -0.25) is 0 Å². The highest BCUT2D eigenvalue weighted by molar-refractivity contribution is 5.18. The van der Waals surface area contributed by atoms with E-state index in [4.69, 9.17) is 0 Å². The Balaban J connectivity index is 2.89. The minimum absolute atomic E-state index is 0.618. The lowest BCUT2D eigenvalue weighted by atomic mass is 10.2. The molecule has 0 aromatic carbocycles. The fourth-order valence-corrected chi connectivity index (χ4v) is 0.807. The van der Waals surface area contributed by atoms with Crippen molar-refractivity contribution in [3.05, 3.63) is 23.5 Å². The number of H-pyrrole nitrogens is 1. The van der Waals surface area contributed by atoms with Gasteiger partial charge in [-0.15, -0.1) is 0 Å². The van der Waals surface area contributed by atoms with Crippen LogP contribution in [-0.4, -0.2) is 4.98 Å². The number of nitrogens with one attached hydrogen (secondary N) is 1. The van der Waals surface area contributed by atoms with Crippen LogP contribution in [0.1, 0.15) is 18.2 Å². The molecule has 0 saturated carbocycles. The van der Waals surface area contributed by atoms with Crippen LogP contribution in [-0.2, 0) is 12.6 Å². The van der Waals surface area contributed by atoms with Crippen LogP contribution in [0.5, 0.6) is 0 Å². The van der Waals surface area contributed by atoms with Gasteiger partial charge in [-0.1, -0.05) is 6.92 Å². The molecule has 4 heteroatoms. The molecule has 0 aliphatic rings. The molecule has 1 aromatic rings. The van der Waals surface area contributed by atoms with Crippen molar-refractivity contribution in [3.63, 3.8) is 0 Å². The summed E-state index contributed by atoms with van der Waals surface area (Å²) in [6, 6.07) is 1.12. The first-order valence-electron chi connectivity index (χ1n) is 3.28. The zero-order valence-electron chi connectivity index (χ0n) is 6.00. The fraction of sp³-hybridized carbons (Fsp3) is 0.429. The number of aryl methyl sites for hydroxylation is 1. The minimum Gasteiger partial charge on any atom is -0.357 e. The Morgan fingerprint density at radius 2 is 2.09 bits per heavy atom. The third kappa shape index (κ3) is 1.76. The van der Waals surface area contributed by atoms with Crippen molar-refractivity contribution in [2.75, 3.05) is 0 Å². The predicted molar refractivity (Wildman–Crippen MR) is 35.2 cm³/mol. The van der Waals surface area contributed by atoms with Gasteiger partial charge >= 0.3 is 6.18 Å². The van der Waals surface area contributed by atoms with Crippen LogP contribution in [0.3, 0.4) is 0 Å². The number of alkyl halides is 3. The van der Waals surface area contributed by atoms with Crippen LogP contribution in [0.2, 0.25) is 0 Å². The summed E-state index contributed by atoms with van der Waals surface area (Å²) in [7, 11) is 0. The molecule has 0 bridgehead atoms. The second kappa shape index (κ2) is 2.60. The van der Waals surface area contributed by atoms with Gasteiger partial charge in [-0.05, 0) is 18.1 Å². The smallest absolute Gasteiger partial charge is 0.357 e. The largest absolute Gasteiger partial charge is 0.431 e. The summed E-state index contributed by atoms with van der Waals surface area (Å²) in [4.78, 5) is 2.17. The second-order valence-corrected chi connectivity index (χ2v) is 2.27. The number of aromatic nitrogens is 1. The Labute approximate surface area is 62.2 Å². The lowest BCUT2D eigenvalue weighted by molar-refractivity contribution is -0.140. The summed E-state index contributed by atoms with van der Waals surface area (Å²) in [6.07, 6.45) is -2.25. The van der Waals surface area contributed by atoms with Gasteiger partial charge in [-0.2, -0.15) is 13.2 Å². The molecule has 1 N–H and O–H groups in total. The fourth-order valence-electron chi connectivity index (χ4n) is 0.807. The Morgan fingerprint density at radius 1 is 1.45 bits per heavy atom. The van der Waals surface area contributed by atoms with E-state index in [9.17, 15) is 13.2 Å². The number of rotatable bonds is 1. The second-order valence-electron chi connectivity index (χ2n) is 2.27. The van der Waals surface area contributed by atoms with Gasteiger partial charge in [0.2, 0.25) is 0 Å². The van der Waals surface area contributed by atoms with Gasteiger partial charge in [0.1, 0.15) is 5.69 Å². The summed E-state index contributed by atoms with van der Waals surface area (Å²) >= 11 is 0. The van der Waals surface area contributed by atoms with Gasteiger partial charge in [0.15, 0.2) is 0 Å². The molecule has 0 aliphatic carbocycles. The van der Waals surface area contributed by atoms with E-state index in [1.165, 1.54) is 6.20 Å². The van der Waals surface area contributed by atoms with Crippen molar-refractivity contribution in [1.82, 2.24) is 4.98 Å². The van der Waals surface area contributed by atoms with Gasteiger partial charge < -0.3 is 4.98 Å². The van der Waals surface area contributed by atoms with Crippen LogP contribution in [0.25, 0.3) is 0 Å². The maximum atomic E-state index is 11.9. The number of hydrogen-bond acceptors (Lipinski definition) is 0. The topological polar surface area (TPSA) is 15.8 Å². The first-order chi connectivity index (χ1) is 5.04. The molecule has 1 rings (SSSR count). The normalized spacial score (nSPS) is 12.0. The van der Waals surface area contributed by atoms with Gasteiger partial charge in [0.25, 0.3) is 0 Å². The van der Waals surface area contributed by atoms with Crippen molar-refractivity contribution in [3.8, 4) is 0 Å². The van der Waals surface area contributed by atoms with Gasteiger partial charge in [0, 0.05) is 6.20 Å². The Kier molecular flexibility index (Phi) is 1.93. The molecule has 0 spiro atoms. The molecule has 0 atom stereocenters. The first kappa shape index (κ1) is 8.17. The van der Waals surface area contributed by atoms with E-state index in [0.717, 1.165) is 6.07 Å². The molecular formula is C7H8F3N.